The molecule has 0 saturated carbocycles. The number of hydrogen-bond acceptors (Lipinski definition) is 1. The van der Waals surface area contributed by atoms with Crippen LogP contribution in [0.5, 0.6) is 0 Å². The van der Waals surface area contributed by atoms with Crippen molar-refractivity contribution in [3.8, 4) is 0 Å². The Bertz CT molecular complexity index is 178. The number of hydrogen-bond donors (Lipinski definition) is 0. The van der Waals surface area contributed by atoms with Gasteiger partial charge in [-0.15, -0.1) is 0 Å². The Morgan fingerprint density at radius 2 is 1.92 bits per heavy atom. The molecule has 0 heterocycles. The molecule has 0 N–H and O–H groups in total. The summed E-state index contributed by atoms with van der Waals surface area (Å²) in [5.74, 6) is 0.744. The lowest BCUT2D eigenvalue weighted by Gasteiger charge is -2.19. The van der Waals surface area contributed by atoms with Gasteiger partial charge in [-0.3, -0.25) is 0 Å². The lowest BCUT2D eigenvalue weighted by atomic mass is 10.2. The first-order chi connectivity index (χ1) is 6.10. The number of rotatable bonds is 5. The van der Waals surface area contributed by atoms with Gasteiger partial charge in [0, 0.05) is 13.1 Å². The largest absolute Gasteiger partial charge is 0.302 e. The van der Waals surface area contributed by atoms with Gasteiger partial charge in [0.05, 0.1) is 0 Å². The molecule has 76 valence electrons. The molecule has 0 fully saturated rings. The van der Waals surface area contributed by atoms with Crippen molar-refractivity contribution in [2.75, 3.05) is 20.1 Å². The van der Waals surface area contributed by atoms with Crippen LogP contribution in [-0.4, -0.2) is 25.0 Å². The third-order valence-corrected chi connectivity index (χ3v) is 1.88. The fourth-order valence-corrected chi connectivity index (χ4v) is 1.45. The van der Waals surface area contributed by atoms with E-state index in [0.717, 1.165) is 19.0 Å². The molecule has 0 aliphatic rings. The van der Waals surface area contributed by atoms with Crippen LogP contribution >= 0.6 is 0 Å². The zero-order valence-electron chi connectivity index (χ0n) is 9.67. The highest BCUT2D eigenvalue weighted by Gasteiger charge is 2.01. The van der Waals surface area contributed by atoms with Gasteiger partial charge in [-0.1, -0.05) is 32.1 Å². The second-order valence-corrected chi connectivity index (χ2v) is 3.95. The fraction of sp³-hybridized carbons (Fsp3) is 0.667. The van der Waals surface area contributed by atoms with E-state index in [-0.39, 0.29) is 0 Å². The van der Waals surface area contributed by atoms with E-state index in [1.54, 1.807) is 0 Å². The van der Waals surface area contributed by atoms with Gasteiger partial charge in [0.15, 0.2) is 0 Å². The molecule has 13 heavy (non-hydrogen) atoms. The van der Waals surface area contributed by atoms with Crippen LogP contribution in [0.1, 0.15) is 27.7 Å². The summed E-state index contributed by atoms with van der Waals surface area (Å²) in [6.45, 7) is 10.9. The molecule has 0 atom stereocenters. The third kappa shape index (κ3) is 6.59. The van der Waals surface area contributed by atoms with Crippen LogP contribution in [0.15, 0.2) is 23.8 Å². The summed E-state index contributed by atoms with van der Waals surface area (Å²) in [5, 5.41) is 0. The van der Waals surface area contributed by atoms with Crippen molar-refractivity contribution in [1.29, 1.82) is 0 Å². The summed E-state index contributed by atoms with van der Waals surface area (Å²) in [6.07, 6.45) is 6.45. The summed E-state index contributed by atoms with van der Waals surface area (Å²) in [4.78, 5) is 2.36. The van der Waals surface area contributed by atoms with E-state index in [4.69, 9.17) is 0 Å². The minimum atomic E-state index is 0.744. The van der Waals surface area contributed by atoms with Crippen molar-refractivity contribution in [2.45, 2.75) is 27.7 Å². The van der Waals surface area contributed by atoms with E-state index >= 15 is 0 Å². The third-order valence-electron chi connectivity index (χ3n) is 1.88. The molecule has 0 aliphatic heterocycles. The first-order valence-electron chi connectivity index (χ1n) is 5.06. The van der Waals surface area contributed by atoms with Crippen LogP contribution in [0.4, 0.5) is 0 Å². The zero-order valence-corrected chi connectivity index (χ0v) is 9.67. The number of likely N-dealkylation sites (N-methyl/N-ethyl adjacent to an activating group) is 1. The summed E-state index contributed by atoms with van der Waals surface area (Å²) >= 11 is 0. The highest BCUT2D eigenvalue weighted by Crippen LogP contribution is 2.02. The Morgan fingerprint density at radius 1 is 1.31 bits per heavy atom. The van der Waals surface area contributed by atoms with Crippen LogP contribution in [0.3, 0.4) is 0 Å². The minimum Gasteiger partial charge on any atom is -0.302 e. The van der Waals surface area contributed by atoms with Crippen molar-refractivity contribution in [1.82, 2.24) is 4.90 Å². The molecule has 0 spiro atoms. The normalized spacial score (nSPS) is 13.6. The van der Waals surface area contributed by atoms with Crippen LogP contribution < -0.4 is 0 Å². The van der Waals surface area contributed by atoms with Gasteiger partial charge in [-0.25, -0.2) is 0 Å². The van der Waals surface area contributed by atoms with E-state index in [2.05, 4.69) is 57.9 Å². The van der Waals surface area contributed by atoms with Crippen LogP contribution in [0.2, 0.25) is 0 Å². The Morgan fingerprint density at radius 3 is 2.31 bits per heavy atom. The molecule has 0 aromatic rings. The molecule has 0 saturated heterocycles. The van der Waals surface area contributed by atoms with Crippen molar-refractivity contribution in [3.63, 3.8) is 0 Å². The van der Waals surface area contributed by atoms with Crippen molar-refractivity contribution in [3.05, 3.63) is 23.8 Å². The Balaban J connectivity index is 3.95. The second-order valence-electron chi connectivity index (χ2n) is 3.95. The predicted molar refractivity (Wildman–Crippen MR) is 60.9 cm³/mol. The van der Waals surface area contributed by atoms with Crippen molar-refractivity contribution >= 4 is 0 Å². The first-order valence-corrected chi connectivity index (χ1v) is 5.06. The average Bonchev–Trinajstić information content (AvgIpc) is 2.02. The number of nitrogens with zero attached hydrogens (tertiary/aromatic N) is 1. The van der Waals surface area contributed by atoms with E-state index in [9.17, 15) is 0 Å². The van der Waals surface area contributed by atoms with Crippen molar-refractivity contribution < 1.29 is 0 Å². The van der Waals surface area contributed by atoms with E-state index in [1.165, 1.54) is 5.57 Å². The topological polar surface area (TPSA) is 3.24 Å². The molecular formula is C12H23N. The highest BCUT2D eigenvalue weighted by molar-refractivity contribution is 5.18. The summed E-state index contributed by atoms with van der Waals surface area (Å²) in [6, 6.07) is 0. The molecule has 1 heteroatoms. The Labute approximate surface area is 83.1 Å². The molecule has 0 rings (SSSR count). The molecule has 0 radical (unpaired) electrons. The maximum atomic E-state index is 2.36. The molecule has 0 unspecified atom stereocenters. The van der Waals surface area contributed by atoms with Crippen LogP contribution in [-0.2, 0) is 0 Å². The lowest BCUT2D eigenvalue weighted by molar-refractivity contribution is 0.319. The monoisotopic (exact) mass is 181 g/mol. The quantitative estimate of drug-likeness (QED) is 0.589. The van der Waals surface area contributed by atoms with Gasteiger partial charge >= 0.3 is 0 Å². The first kappa shape index (κ1) is 12.4. The maximum absolute atomic E-state index is 2.36. The van der Waals surface area contributed by atoms with Gasteiger partial charge in [-0.05, 0) is 32.4 Å². The Kier molecular flexibility index (Phi) is 6.61. The smallest absolute Gasteiger partial charge is 0.0227 e. The van der Waals surface area contributed by atoms with Gasteiger partial charge in [0.25, 0.3) is 0 Å². The molecule has 0 aliphatic carbocycles. The highest BCUT2D eigenvalue weighted by atomic mass is 15.1. The molecular weight excluding hydrogens is 158 g/mol. The van der Waals surface area contributed by atoms with E-state index in [1.807, 2.05) is 0 Å². The number of allylic oxidation sites excluding steroid dienone is 2. The SMILES string of the molecule is C/C=C\C(=C/C)CN(C)CC(C)C. The summed E-state index contributed by atoms with van der Waals surface area (Å²) in [5.41, 5.74) is 1.39. The molecule has 0 aromatic heterocycles. The molecule has 0 amide bonds. The van der Waals surface area contributed by atoms with E-state index in [0.29, 0.717) is 0 Å². The molecule has 0 aromatic carbocycles. The van der Waals surface area contributed by atoms with Crippen molar-refractivity contribution in [2.24, 2.45) is 5.92 Å². The molecule has 0 bridgehead atoms. The van der Waals surface area contributed by atoms with Crippen LogP contribution in [0.25, 0.3) is 0 Å². The second kappa shape index (κ2) is 6.90. The average molecular weight is 181 g/mol. The maximum Gasteiger partial charge on any atom is 0.0227 e. The minimum absolute atomic E-state index is 0.744. The Hall–Kier alpha value is -0.560. The van der Waals surface area contributed by atoms with Gasteiger partial charge in [0.2, 0.25) is 0 Å². The van der Waals surface area contributed by atoms with Gasteiger partial charge in [0.1, 0.15) is 0 Å². The fourth-order valence-electron chi connectivity index (χ4n) is 1.45. The predicted octanol–water partition coefficient (Wildman–Crippen LogP) is 3.10. The van der Waals surface area contributed by atoms with E-state index < -0.39 is 0 Å². The molecule has 1 nitrogen and oxygen atoms in total. The van der Waals surface area contributed by atoms with Crippen LogP contribution in [0, 0.1) is 5.92 Å². The van der Waals surface area contributed by atoms with Gasteiger partial charge in [-0.2, -0.15) is 0 Å². The summed E-state index contributed by atoms with van der Waals surface area (Å²) < 4.78 is 0. The standard InChI is InChI=1S/C12H23N/c1-6-8-12(7-2)10-13(5)9-11(3)4/h6-8,11H,9-10H2,1-5H3/b8-6-,12-7+. The zero-order chi connectivity index (χ0) is 10.3. The van der Waals surface area contributed by atoms with Gasteiger partial charge < -0.3 is 4.90 Å². The summed E-state index contributed by atoms with van der Waals surface area (Å²) in [7, 11) is 2.17. The lowest BCUT2D eigenvalue weighted by Crippen LogP contribution is -2.25.